The molecule has 0 radical (unpaired) electrons. The molecule has 1 aromatic rings. The Morgan fingerprint density at radius 1 is 1.25 bits per heavy atom. The second-order valence-electron chi connectivity index (χ2n) is 2.58. The van der Waals surface area contributed by atoms with Gasteiger partial charge in [0.05, 0.1) is 6.54 Å². The van der Waals surface area contributed by atoms with Crippen molar-refractivity contribution in [3.63, 3.8) is 0 Å². The van der Waals surface area contributed by atoms with Crippen LogP contribution in [0.1, 0.15) is 5.56 Å². The monoisotopic (exact) mass is 171 g/mol. The summed E-state index contributed by atoms with van der Waals surface area (Å²) in [5.41, 5.74) is 0.800. The fourth-order valence-corrected chi connectivity index (χ4v) is 0.964. The molecule has 0 aliphatic heterocycles. The number of halogens is 2. The van der Waals surface area contributed by atoms with Gasteiger partial charge in [-0.15, -0.1) is 0 Å². The van der Waals surface area contributed by atoms with E-state index >= 15 is 0 Å². The van der Waals surface area contributed by atoms with E-state index in [1.54, 1.807) is 11.4 Å². The molecule has 0 heterocycles. The molecule has 3 heteroatoms. The van der Waals surface area contributed by atoms with Crippen molar-refractivity contribution in [3.05, 3.63) is 42.4 Å². The summed E-state index contributed by atoms with van der Waals surface area (Å²) < 4.78 is 25.0. The fourth-order valence-electron chi connectivity index (χ4n) is 0.964. The third-order valence-corrected chi connectivity index (χ3v) is 1.62. The van der Waals surface area contributed by atoms with Gasteiger partial charge in [-0.1, -0.05) is 6.07 Å². The number of benzene rings is 1. The molecule has 0 aliphatic carbocycles. The standard InChI is InChI=1S/C9H11F2N/c1-12-5-4-7-2-3-8(10)9(11)6-7/h2-3,6H,1,4-5,12H2. The molecule has 0 bridgehead atoms. The summed E-state index contributed by atoms with van der Waals surface area (Å²) in [6, 6.07) is 3.95. The van der Waals surface area contributed by atoms with Crippen LogP contribution in [0.25, 0.3) is 0 Å². The van der Waals surface area contributed by atoms with Crippen molar-refractivity contribution in [2.24, 2.45) is 0 Å². The number of rotatable bonds is 3. The maximum Gasteiger partial charge on any atom is 0.159 e. The first-order valence-corrected chi connectivity index (χ1v) is 3.79. The van der Waals surface area contributed by atoms with Crippen LogP contribution in [0.2, 0.25) is 0 Å². The van der Waals surface area contributed by atoms with Crippen LogP contribution >= 0.6 is 0 Å². The van der Waals surface area contributed by atoms with Gasteiger partial charge in [-0.3, -0.25) is 0 Å². The lowest BCUT2D eigenvalue weighted by Gasteiger charge is -2.01. The molecule has 0 spiro atoms. The normalized spacial score (nSPS) is 10.2. The van der Waals surface area contributed by atoms with E-state index in [4.69, 9.17) is 0 Å². The van der Waals surface area contributed by atoms with Crippen LogP contribution in [0.3, 0.4) is 0 Å². The highest BCUT2D eigenvalue weighted by Gasteiger charge is 2.01. The largest absolute Gasteiger partial charge is 0.479 e. The van der Waals surface area contributed by atoms with Crippen molar-refractivity contribution in [2.45, 2.75) is 6.42 Å². The Kier molecular flexibility index (Phi) is 3.17. The predicted octanol–water partition coefficient (Wildman–Crippen LogP) is 0.862. The lowest BCUT2D eigenvalue weighted by Crippen LogP contribution is -2.77. The lowest BCUT2D eigenvalue weighted by atomic mass is 10.1. The molecule has 0 saturated heterocycles. The van der Waals surface area contributed by atoms with Crippen molar-refractivity contribution in [1.29, 1.82) is 0 Å². The average molecular weight is 171 g/mol. The number of nitrogens with two attached hydrogens (primary N) is 1. The van der Waals surface area contributed by atoms with Crippen LogP contribution in [0.5, 0.6) is 0 Å². The van der Waals surface area contributed by atoms with Gasteiger partial charge in [0.1, 0.15) is 0 Å². The first kappa shape index (κ1) is 9.13. The van der Waals surface area contributed by atoms with Gasteiger partial charge in [0, 0.05) is 6.42 Å². The van der Waals surface area contributed by atoms with E-state index in [0.717, 1.165) is 18.2 Å². The summed E-state index contributed by atoms with van der Waals surface area (Å²) in [4.78, 5) is 0. The van der Waals surface area contributed by atoms with Crippen molar-refractivity contribution < 1.29 is 14.1 Å². The molecule has 0 unspecified atom stereocenters. The second kappa shape index (κ2) is 4.16. The van der Waals surface area contributed by atoms with Gasteiger partial charge >= 0.3 is 0 Å². The van der Waals surface area contributed by atoms with Crippen molar-refractivity contribution >= 4 is 0 Å². The zero-order chi connectivity index (χ0) is 8.97. The average Bonchev–Trinajstić information content (AvgIpc) is 2.07. The second-order valence-corrected chi connectivity index (χ2v) is 2.58. The van der Waals surface area contributed by atoms with E-state index in [2.05, 4.69) is 7.05 Å². The van der Waals surface area contributed by atoms with Crippen LogP contribution in [-0.2, 0) is 6.42 Å². The van der Waals surface area contributed by atoms with E-state index in [1.807, 2.05) is 0 Å². The Bertz CT molecular complexity index is 261. The molecule has 12 heavy (non-hydrogen) atoms. The van der Waals surface area contributed by atoms with Crippen molar-refractivity contribution in [1.82, 2.24) is 0 Å². The Morgan fingerprint density at radius 2 is 2.00 bits per heavy atom. The summed E-state index contributed by atoms with van der Waals surface area (Å²) >= 11 is 0. The molecule has 0 saturated carbocycles. The Labute approximate surface area is 70.4 Å². The quantitative estimate of drug-likeness (QED) is 0.650. The van der Waals surface area contributed by atoms with Gasteiger partial charge < -0.3 is 5.32 Å². The third kappa shape index (κ3) is 2.27. The van der Waals surface area contributed by atoms with Crippen molar-refractivity contribution in [3.8, 4) is 0 Å². The Morgan fingerprint density at radius 3 is 2.58 bits per heavy atom. The predicted molar refractivity (Wildman–Crippen MR) is 42.2 cm³/mol. The summed E-state index contributed by atoms with van der Waals surface area (Å²) in [7, 11) is 3.55. The van der Waals surface area contributed by atoms with Gasteiger partial charge in [-0.2, -0.15) is 7.05 Å². The topological polar surface area (TPSA) is 16.6 Å². The minimum Gasteiger partial charge on any atom is -0.479 e. The fraction of sp³-hybridized carbons (Fsp3) is 0.222. The highest BCUT2D eigenvalue weighted by molar-refractivity contribution is 5.17. The van der Waals surface area contributed by atoms with Crippen molar-refractivity contribution in [2.75, 3.05) is 6.54 Å². The Balaban J connectivity index is 2.69. The summed E-state index contributed by atoms with van der Waals surface area (Å²) in [5.74, 6) is -1.58. The van der Waals surface area contributed by atoms with Crippen LogP contribution in [-0.4, -0.2) is 6.54 Å². The zero-order valence-electron chi connectivity index (χ0n) is 6.69. The maximum absolute atomic E-state index is 12.6. The molecule has 0 amide bonds. The third-order valence-electron chi connectivity index (χ3n) is 1.62. The van der Waals surface area contributed by atoms with E-state index in [9.17, 15) is 8.78 Å². The zero-order valence-corrected chi connectivity index (χ0v) is 6.69. The summed E-state index contributed by atoms with van der Waals surface area (Å²) in [6.07, 6.45) is 0.709. The van der Waals surface area contributed by atoms with Gasteiger partial charge in [0.15, 0.2) is 11.6 Å². The smallest absolute Gasteiger partial charge is 0.159 e. The van der Waals surface area contributed by atoms with Gasteiger partial charge in [-0.05, 0) is 17.7 Å². The Hall–Kier alpha value is -0.960. The number of hydrogen-bond acceptors (Lipinski definition) is 0. The maximum atomic E-state index is 12.6. The van der Waals surface area contributed by atoms with E-state index in [1.165, 1.54) is 6.07 Å². The van der Waals surface area contributed by atoms with Gasteiger partial charge in [-0.25, -0.2) is 8.78 Å². The molecule has 66 valence electrons. The molecule has 0 fully saturated rings. The summed E-state index contributed by atoms with van der Waals surface area (Å²) in [5, 5.41) is 1.75. The highest BCUT2D eigenvalue weighted by Crippen LogP contribution is 2.08. The van der Waals surface area contributed by atoms with Gasteiger partial charge in [0.25, 0.3) is 0 Å². The van der Waals surface area contributed by atoms with Crippen LogP contribution in [0.15, 0.2) is 18.2 Å². The molecule has 0 atom stereocenters. The molecule has 1 aromatic carbocycles. The molecular formula is C9H11F2N. The SMILES string of the molecule is [CH2-][NH2+]CCc1ccc(F)c(F)c1. The van der Waals surface area contributed by atoms with E-state index in [0.29, 0.717) is 6.42 Å². The minimum atomic E-state index is -0.794. The molecule has 1 rings (SSSR count). The van der Waals surface area contributed by atoms with E-state index in [-0.39, 0.29) is 0 Å². The molecular weight excluding hydrogens is 160 g/mol. The lowest BCUT2D eigenvalue weighted by molar-refractivity contribution is -0.594. The summed E-state index contributed by atoms with van der Waals surface area (Å²) in [6.45, 7) is 0.783. The van der Waals surface area contributed by atoms with E-state index < -0.39 is 11.6 Å². The molecule has 0 aliphatic rings. The highest BCUT2D eigenvalue weighted by atomic mass is 19.2. The number of quaternary nitrogens is 1. The molecule has 2 N–H and O–H groups in total. The van der Waals surface area contributed by atoms with Crippen LogP contribution in [0, 0.1) is 18.7 Å². The molecule has 1 nitrogen and oxygen atoms in total. The van der Waals surface area contributed by atoms with Crippen LogP contribution < -0.4 is 5.32 Å². The first-order valence-electron chi connectivity index (χ1n) is 3.79. The first-order chi connectivity index (χ1) is 5.74. The van der Waals surface area contributed by atoms with Crippen LogP contribution in [0.4, 0.5) is 8.78 Å². The van der Waals surface area contributed by atoms with Gasteiger partial charge in [0.2, 0.25) is 0 Å². The minimum absolute atomic E-state index is 0.709. The molecule has 0 aromatic heterocycles. The number of hydrogen-bond donors (Lipinski definition) is 1.